The van der Waals surface area contributed by atoms with Crippen LogP contribution in [0.5, 0.6) is 0 Å². The Hall–Kier alpha value is -2.02. The lowest BCUT2D eigenvalue weighted by atomic mass is 9.79. The van der Waals surface area contributed by atoms with E-state index in [-0.39, 0.29) is 23.7 Å². The van der Waals surface area contributed by atoms with Gasteiger partial charge in [0.05, 0.1) is 11.2 Å². The highest BCUT2D eigenvalue weighted by Gasteiger charge is 2.51. The number of anilines is 1. The molecule has 0 saturated carbocycles. The Labute approximate surface area is 129 Å². The lowest BCUT2D eigenvalue weighted by Crippen LogP contribution is -2.41. The maximum atomic E-state index is 11.5. The van der Waals surface area contributed by atoms with Crippen molar-refractivity contribution in [3.05, 3.63) is 34.7 Å². The molecule has 0 bridgehead atoms. The molecule has 0 unspecified atom stereocenters. The number of azide groups is 1. The molecule has 1 fully saturated rings. The zero-order chi connectivity index (χ0) is 16.4. The minimum Gasteiger partial charge on any atom is -0.399 e. The Morgan fingerprint density at radius 1 is 1.23 bits per heavy atom. The van der Waals surface area contributed by atoms with E-state index in [0.717, 1.165) is 5.46 Å². The Morgan fingerprint density at radius 3 is 2.27 bits per heavy atom. The molecule has 8 heteroatoms. The van der Waals surface area contributed by atoms with Crippen LogP contribution < -0.4 is 10.8 Å². The number of amides is 1. The second-order valence-electron chi connectivity index (χ2n) is 6.15. The van der Waals surface area contributed by atoms with E-state index in [1.807, 2.05) is 39.8 Å². The molecule has 0 aliphatic carbocycles. The summed E-state index contributed by atoms with van der Waals surface area (Å²) in [5.41, 5.74) is 8.90. The van der Waals surface area contributed by atoms with Gasteiger partial charge >= 0.3 is 7.12 Å². The van der Waals surface area contributed by atoms with Gasteiger partial charge in [-0.2, -0.15) is 0 Å². The Balaban J connectivity index is 2.04. The van der Waals surface area contributed by atoms with Crippen molar-refractivity contribution in [3.63, 3.8) is 0 Å². The van der Waals surface area contributed by atoms with E-state index in [9.17, 15) is 4.79 Å². The summed E-state index contributed by atoms with van der Waals surface area (Å²) in [6.07, 6.45) is 0. The van der Waals surface area contributed by atoms with E-state index in [1.165, 1.54) is 0 Å². The SMILES string of the molecule is CC1(C)OB(c2ccc(NC(=O)CN=[N+]=[N-])cc2)OC1(C)C. The van der Waals surface area contributed by atoms with Gasteiger partial charge in [-0.15, -0.1) is 0 Å². The predicted octanol–water partition coefficient (Wildman–Crippen LogP) is 2.23. The highest BCUT2D eigenvalue weighted by Crippen LogP contribution is 2.36. The molecule has 116 valence electrons. The van der Waals surface area contributed by atoms with E-state index in [4.69, 9.17) is 14.8 Å². The lowest BCUT2D eigenvalue weighted by Gasteiger charge is -2.32. The summed E-state index contributed by atoms with van der Waals surface area (Å²) < 4.78 is 11.9. The molecule has 7 nitrogen and oxygen atoms in total. The molecule has 0 aromatic heterocycles. The topological polar surface area (TPSA) is 96.3 Å². The van der Waals surface area contributed by atoms with Crippen molar-refractivity contribution < 1.29 is 14.1 Å². The van der Waals surface area contributed by atoms with Crippen molar-refractivity contribution in [2.75, 3.05) is 11.9 Å². The third-order valence-corrected chi connectivity index (χ3v) is 4.00. The number of hydrogen-bond acceptors (Lipinski definition) is 4. The van der Waals surface area contributed by atoms with Gasteiger partial charge in [0.15, 0.2) is 0 Å². The van der Waals surface area contributed by atoms with Gasteiger partial charge in [0.25, 0.3) is 0 Å². The largest absolute Gasteiger partial charge is 0.494 e. The third kappa shape index (κ3) is 3.41. The van der Waals surface area contributed by atoms with Gasteiger partial charge in [0.1, 0.15) is 6.54 Å². The van der Waals surface area contributed by atoms with Gasteiger partial charge in [-0.3, -0.25) is 4.79 Å². The maximum absolute atomic E-state index is 11.5. The van der Waals surface area contributed by atoms with E-state index in [2.05, 4.69) is 15.3 Å². The fourth-order valence-electron chi connectivity index (χ4n) is 2.00. The van der Waals surface area contributed by atoms with Gasteiger partial charge < -0.3 is 14.6 Å². The summed E-state index contributed by atoms with van der Waals surface area (Å²) >= 11 is 0. The normalized spacial score (nSPS) is 18.6. The molecule has 1 heterocycles. The molecule has 0 spiro atoms. The Kier molecular flexibility index (Phi) is 4.46. The average Bonchev–Trinajstić information content (AvgIpc) is 2.66. The van der Waals surface area contributed by atoms with Gasteiger partial charge in [-0.25, -0.2) is 0 Å². The summed E-state index contributed by atoms with van der Waals surface area (Å²) in [5.74, 6) is -0.360. The first-order chi connectivity index (χ1) is 10.2. The fourth-order valence-corrected chi connectivity index (χ4v) is 2.00. The first-order valence-corrected chi connectivity index (χ1v) is 7.01. The Bertz CT molecular complexity index is 593. The van der Waals surface area contributed by atoms with Crippen LogP contribution in [-0.2, 0) is 14.1 Å². The maximum Gasteiger partial charge on any atom is 0.494 e. The molecule has 0 atom stereocenters. The molecule has 1 saturated heterocycles. The fraction of sp³-hybridized carbons (Fsp3) is 0.500. The minimum atomic E-state index is -0.432. The first-order valence-electron chi connectivity index (χ1n) is 7.01. The van der Waals surface area contributed by atoms with Crippen LogP contribution in [0.4, 0.5) is 5.69 Å². The zero-order valence-electron chi connectivity index (χ0n) is 13.2. The molecule has 1 N–H and O–H groups in total. The van der Waals surface area contributed by atoms with Crippen molar-refractivity contribution in [1.29, 1.82) is 0 Å². The molecule has 22 heavy (non-hydrogen) atoms. The predicted molar refractivity (Wildman–Crippen MR) is 84.8 cm³/mol. The van der Waals surface area contributed by atoms with Crippen molar-refractivity contribution in [2.24, 2.45) is 5.11 Å². The standard InChI is InChI=1S/C14H19BN4O3/c1-13(2)14(3,4)22-15(21-13)10-5-7-11(8-6-10)18-12(20)9-17-19-16/h5-8H,9H2,1-4H3,(H,18,20). The van der Waals surface area contributed by atoms with Crippen molar-refractivity contribution in [3.8, 4) is 0 Å². The lowest BCUT2D eigenvalue weighted by molar-refractivity contribution is -0.114. The van der Waals surface area contributed by atoms with Crippen molar-refractivity contribution in [2.45, 2.75) is 38.9 Å². The summed E-state index contributed by atoms with van der Waals surface area (Å²) in [6.45, 7) is 7.76. The monoisotopic (exact) mass is 302 g/mol. The quantitative estimate of drug-likeness (QED) is 0.400. The zero-order valence-corrected chi connectivity index (χ0v) is 13.2. The number of carbonyl (C=O) groups excluding carboxylic acids is 1. The summed E-state index contributed by atoms with van der Waals surface area (Å²) in [6, 6.07) is 7.19. The van der Waals surface area contributed by atoms with Gasteiger partial charge in [-0.1, -0.05) is 17.2 Å². The van der Waals surface area contributed by atoms with Crippen LogP contribution in [0.1, 0.15) is 27.7 Å². The second kappa shape index (κ2) is 6.00. The molecule has 1 aromatic rings. The van der Waals surface area contributed by atoms with Gasteiger partial charge in [-0.05, 0) is 50.8 Å². The smallest absolute Gasteiger partial charge is 0.399 e. The molecule has 1 aliphatic rings. The number of benzene rings is 1. The van der Waals surface area contributed by atoms with E-state index in [0.29, 0.717) is 5.69 Å². The van der Waals surface area contributed by atoms with Crippen LogP contribution in [0.2, 0.25) is 0 Å². The highest BCUT2D eigenvalue weighted by atomic mass is 16.7. The molecule has 0 radical (unpaired) electrons. The first kappa shape index (κ1) is 16.4. The van der Waals surface area contributed by atoms with Crippen LogP contribution in [0.3, 0.4) is 0 Å². The van der Waals surface area contributed by atoms with E-state index >= 15 is 0 Å². The van der Waals surface area contributed by atoms with E-state index in [1.54, 1.807) is 12.1 Å². The molecular weight excluding hydrogens is 283 g/mol. The van der Waals surface area contributed by atoms with Crippen LogP contribution in [0.25, 0.3) is 10.4 Å². The third-order valence-electron chi connectivity index (χ3n) is 4.00. The van der Waals surface area contributed by atoms with Crippen molar-refractivity contribution in [1.82, 2.24) is 0 Å². The molecule has 1 aliphatic heterocycles. The second-order valence-corrected chi connectivity index (χ2v) is 6.15. The molecule has 2 rings (SSSR count). The van der Waals surface area contributed by atoms with Crippen LogP contribution in [-0.4, -0.2) is 30.8 Å². The number of nitrogens with one attached hydrogen (secondary N) is 1. The summed E-state index contributed by atoms with van der Waals surface area (Å²) in [5, 5.41) is 5.85. The number of hydrogen-bond donors (Lipinski definition) is 1. The van der Waals surface area contributed by atoms with Gasteiger partial charge in [0.2, 0.25) is 5.91 Å². The number of rotatable bonds is 4. The summed E-state index contributed by atoms with van der Waals surface area (Å²) in [7, 11) is -0.432. The molecule has 1 amide bonds. The molecular formula is C14H19BN4O3. The minimum absolute atomic E-state index is 0.227. The number of carbonyl (C=O) groups is 1. The Morgan fingerprint density at radius 2 is 1.77 bits per heavy atom. The number of nitrogens with zero attached hydrogens (tertiary/aromatic N) is 3. The van der Waals surface area contributed by atoms with E-state index < -0.39 is 7.12 Å². The van der Waals surface area contributed by atoms with Crippen LogP contribution in [0, 0.1) is 0 Å². The van der Waals surface area contributed by atoms with Crippen LogP contribution in [0.15, 0.2) is 29.4 Å². The van der Waals surface area contributed by atoms with Crippen LogP contribution >= 0.6 is 0 Å². The molecule has 1 aromatic carbocycles. The highest BCUT2D eigenvalue weighted by molar-refractivity contribution is 6.62. The van der Waals surface area contributed by atoms with Crippen molar-refractivity contribution >= 4 is 24.2 Å². The summed E-state index contributed by atoms with van der Waals surface area (Å²) in [4.78, 5) is 14.0. The van der Waals surface area contributed by atoms with Gasteiger partial charge in [0, 0.05) is 10.6 Å². The average molecular weight is 302 g/mol.